The Morgan fingerprint density at radius 1 is 0.815 bits per heavy atom. The predicted molar refractivity (Wildman–Crippen MR) is 102 cm³/mol. The van der Waals surface area contributed by atoms with Crippen LogP contribution >= 0.6 is 0 Å². The Kier molecular flexibility index (Phi) is 4.29. The molecular formula is C20H18N4O3. The number of rotatable bonds is 4. The third-order valence-corrected chi connectivity index (χ3v) is 4.74. The zero-order chi connectivity index (χ0) is 19.0. The molecule has 2 amide bonds. The largest absolute Gasteiger partial charge is 0.390 e. The molecule has 2 aliphatic rings. The molecule has 2 aliphatic heterocycles. The second-order valence-corrected chi connectivity index (χ2v) is 6.42. The summed E-state index contributed by atoms with van der Waals surface area (Å²) in [7, 11) is 0. The summed E-state index contributed by atoms with van der Waals surface area (Å²) in [6.07, 6.45) is 0. The van der Waals surface area contributed by atoms with Crippen LogP contribution in [0.4, 0.5) is 11.4 Å². The maximum Gasteiger partial charge on any atom is 0.257 e. The van der Waals surface area contributed by atoms with Gasteiger partial charge in [0.25, 0.3) is 11.8 Å². The van der Waals surface area contributed by atoms with Gasteiger partial charge in [-0.15, -0.1) is 0 Å². The highest BCUT2D eigenvalue weighted by atomic mass is 16.3. The monoisotopic (exact) mass is 362 g/mol. The van der Waals surface area contributed by atoms with Gasteiger partial charge in [-0.1, -0.05) is 36.4 Å². The van der Waals surface area contributed by atoms with E-state index >= 15 is 0 Å². The molecule has 2 atom stereocenters. The van der Waals surface area contributed by atoms with E-state index in [0.717, 1.165) is 0 Å². The molecular weight excluding hydrogens is 344 g/mol. The lowest BCUT2D eigenvalue weighted by molar-refractivity contribution is -0.126. The average Bonchev–Trinajstić information content (AvgIpc) is 3.18. The summed E-state index contributed by atoms with van der Waals surface area (Å²) >= 11 is 0. The van der Waals surface area contributed by atoms with Crippen LogP contribution in [0, 0.1) is 11.8 Å². The van der Waals surface area contributed by atoms with Gasteiger partial charge in [0.15, 0.2) is 0 Å². The van der Waals surface area contributed by atoms with Gasteiger partial charge in [-0.3, -0.25) is 9.59 Å². The number of aliphatic hydroxyl groups is 1. The SMILES string of the molecule is CC1=NN(c2ccccc2)C(=O)C1C1C(=O)N(c2ccccc2)N=C1CO. The van der Waals surface area contributed by atoms with Crippen molar-refractivity contribution in [2.75, 3.05) is 16.6 Å². The minimum Gasteiger partial charge on any atom is -0.390 e. The Bertz CT molecular complexity index is 940. The van der Waals surface area contributed by atoms with Crippen molar-refractivity contribution < 1.29 is 14.7 Å². The number of para-hydroxylation sites is 2. The van der Waals surface area contributed by atoms with E-state index in [0.29, 0.717) is 17.1 Å². The number of hydrazone groups is 2. The van der Waals surface area contributed by atoms with Crippen molar-refractivity contribution in [2.24, 2.45) is 22.0 Å². The molecule has 0 saturated heterocycles. The summed E-state index contributed by atoms with van der Waals surface area (Å²) < 4.78 is 0. The number of aliphatic hydroxyl groups excluding tert-OH is 1. The number of amides is 2. The second-order valence-electron chi connectivity index (χ2n) is 6.42. The molecule has 0 bridgehead atoms. The molecule has 2 aromatic rings. The van der Waals surface area contributed by atoms with E-state index in [2.05, 4.69) is 10.2 Å². The molecule has 0 saturated carbocycles. The number of hydrogen-bond acceptors (Lipinski definition) is 5. The lowest BCUT2D eigenvalue weighted by Crippen LogP contribution is -2.41. The van der Waals surface area contributed by atoms with Gasteiger partial charge < -0.3 is 5.11 Å². The van der Waals surface area contributed by atoms with Gasteiger partial charge in [0.2, 0.25) is 0 Å². The maximum atomic E-state index is 13.1. The molecule has 0 fully saturated rings. The van der Waals surface area contributed by atoms with Crippen LogP contribution in [0.25, 0.3) is 0 Å². The lowest BCUT2D eigenvalue weighted by Gasteiger charge is -2.19. The van der Waals surface area contributed by atoms with Gasteiger partial charge in [0.1, 0.15) is 0 Å². The molecule has 2 heterocycles. The number of nitrogens with zero attached hydrogens (tertiary/aromatic N) is 4. The van der Waals surface area contributed by atoms with E-state index in [9.17, 15) is 14.7 Å². The lowest BCUT2D eigenvalue weighted by atomic mass is 9.84. The van der Waals surface area contributed by atoms with Crippen molar-refractivity contribution in [3.8, 4) is 0 Å². The van der Waals surface area contributed by atoms with Crippen molar-refractivity contribution in [3.05, 3.63) is 60.7 Å². The minimum absolute atomic E-state index is 0.270. The number of carbonyl (C=O) groups excluding carboxylic acids is 2. The van der Waals surface area contributed by atoms with Crippen LogP contribution in [0.5, 0.6) is 0 Å². The van der Waals surface area contributed by atoms with Crippen LogP contribution in [0.1, 0.15) is 6.92 Å². The Labute approximate surface area is 156 Å². The van der Waals surface area contributed by atoms with Gasteiger partial charge in [-0.05, 0) is 31.2 Å². The molecule has 136 valence electrons. The normalized spacial score (nSPS) is 22.3. The summed E-state index contributed by atoms with van der Waals surface area (Å²) in [5, 5.41) is 21.0. The van der Waals surface area contributed by atoms with Crippen LogP contribution in [0.15, 0.2) is 70.9 Å². The number of carbonyl (C=O) groups is 2. The first-order chi connectivity index (χ1) is 13.1. The highest BCUT2D eigenvalue weighted by Gasteiger charge is 2.49. The molecule has 1 N–H and O–H groups in total. The van der Waals surface area contributed by atoms with Gasteiger partial charge in [-0.2, -0.15) is 10.2 Å². The standard InChI is InChI=1S/C20H18N4O3/c1-13-17(19(26)23(21-13)14-8-4-2-5-9-14)18-16(12-25)22-24(20(18)27)15-10-6-3-7-11-15/h2-11,17-18,25H,12H2,1H3. The highest BCUT2D eigenvalue weighted by Crippen LogP contribution is 2.34. The Balaban J connectivity index is 1.67. The average molecular weight is 362 g/mol. The third kappa shape index (κ3) is 2.82. The molecule has 7 nitrogen and oxygen atoms in total. The molecule has 27 heavy (non-hydrogen) atoms. The topological polar surface area (TPSA) is 85.6 Å². The van der Waals surface area contributed by atoms with Crippen molar-refractivity contribution in [3.63, 3.8) is 0 Å². The summed E-state index contributed by atoms with van der Waals surface area (Å²) in [6.45, 7) is 1.32. The van der Waals surface area contributed by atoms with Crippen LogP contribution in [-0.2, 0) is 9.59 Å². The summed E-state index contributed by atoms with van der Waals surface area (Å²) in [6, 6.07) is 18.0. The van der Waals surface area contributed by atoms with E-state index in [4.69, 9.17) is 0 Å². The number of benzene rings is 2. The first-order valence-corrected chi connectivity index (χ1v) is 8.63. The van der Waals surface area contributed by atoms with E-state index in [-0.39, 0.29) is 17.5 Å². The fourth-order valence-corrected chi connectivity index (χ4v) is 3.45. The Morgan fingerprint density at radius 2 is 1.30 bits per heavy atom. The van der Waals surface area contributed by atoms with Crippen molar-refractivity contribution in [1.29, 1.82) is 0 Å². The Morgan fingerprint density at radius 3 is 1.81 bits per heavy atom. The molecule has 0 radical (unpaired) electrons. The quantitative estimate of drug-likeness (QED) is 0.903. The maximum absolute atomic E-state index is 13.1. The number of anilines is 2. The molecule has 4 rings (SSSR count). The van der Waals surface area contributed by atoms with Crippen molar-refractivity contribution in [1.82, 2.24) is 0 Å². The molecule has 0 aromatic heterocycles. The first-order valence-electron chi connectivity index (χ1n) is 8.63. The van der Waals surface area contributed by atoms with Crippen LogP contribution < -0.4 is 10.0 Å². The zero-order valence-corrected chi connectivity index (χ0v) is 14.7. The summed E-state index contributed by atoms with van der Waals surface area (Å²) in [5.41, 5.74) is 2.03. The highest BCUT2D eigenvalue weighted by molar-refractivity contribution is 6.25. The second kappa shape index (κ2) is 6.77. The molecule has 2 aromatic carbocycles. The fourth-order valence-electron chi connectivity index (χ4n) is 3.45. The van der Waals surface area contributed by atoms with Crippen molar-refractivity contribution >= 4 is 34.6 Å². The summed E-state index contributed by atoms with van der Waals surface area (Å²) in [5.74, 6) is -2.28. The molecule has 0 aliphatic carbocycles. The Hall–Kier alpha value is -3.32. The molecule has 7 heteroatoms. The smallest absolute Gasteiger partial charge is 0.257 e. The van der Waals surface area contributed by atoms with Gasteiger partial charge in [-0.25, -0.2) is 10.0 Å². The van der Waals surface area contributed by atoms with E-state index < -0.39 is 18.4 Å². The zero-order valence-electron chi connectivity index (χ0n) is 14.7. The predicted octanol–water partition coefficient (Wildman–Crippen LogP) is 2.04. The number of hydrogen-bond donors (Lipinski definition) is 1. The molecule has 2 unspecified atom stereocenters. The van der Waals surface area contributed by atoms with Crippen LogP contribution in [0.3, 0.4) is 0 Å². The van der Waals surface area contributed by atoms with E-state index in [1.165, 1.54) is 10.0 Å². The minimum atomic E-state index is -0.861. The molecule has 0 spiro atoms. The fraction of sp³-hybridized carbons (Fsp3) is 0.200. The van der Waals surface area contributed by atoms with E-state index in [1.807, 2.05) is 24.3 Å². The van der Waals surface area contributed by atoms with Crippen molar-refractivity contribution in [2.45, 2.75) is 6.92 Å². The van der Waals surface area contributed by atoms with Crippen LogP contribution in [0.2, 0.25) is 0 Å². The first kappa shape index (κ1) is 17.1. The summed E-state index contributed by atoms with van der Waals surface area (Å²) in [4.78, 5) is 26.1. The third-order valence-electron chi connectivity index (χ3n) is 4.74. The van der Waals surface area contributed by atoms with Gasteiger partial charge >= 0.3 is 0 Å². The van der Waals surface area contributed by atoms with Crippen LogP contribution in [-0.4, -0.2) is 35.0 Å². The van der Waals surface area contributed by atoms with Gasteiger partial charge in [0.05, 0.1) is 35.5 Å². The van der Waals surface area contributed by atoms with Gasteiger partial charge in [0, 0.05) is 5.71 Å². The van der Waals surface area contributed by atoms with E-state index in [1.54, 1.807) is 43.3 Å².